The summed E-state index contributed by atoms with van der Waals surface area (Å²) in [5.74, 6) is 0.903. The number of nitrogen functional groups attached to an aromatic ring is 1. The van der Waals surface area contributed by atoms with Gasteiger partial charge in [-0.3, -0.25) is 4.68 Å². The van der Waals surface area contributed by atoms with Crippen molar-refractivity contribution in [2.45, 2.75) is 0 Å². The molecule has 1 aliphatic rings. The quantitative estimate of drug-likeness (QED) is 0.873. The lowest BCUT2D eigenvalue weighted by Gasteiger charge is -2.21. The maximum Gasteiger partial charge on any atom is 0.176 e. The van der Waals surface area contributed by atoms with Crippen molar-refractivity contribution in [1.29, 1.82) is 0 Å². The van der Waals surface area contributed by atoms with Gasteiger partial charge in [-0.25, -0.2) is 4.39 Å². The van der Waals surface area contributed by atoms with E-state index in [0.717, 1.165) is 0 Å². The number of hydrogen-bond acceptors (Lipinski definition) is 4. The second-order valence-electron chi connectivity index (χ2n) is 4.15. The number of halogens is 2. The molecule has 0 radical (unpaired) electrons. The zero-order valence-corrected chi connectivity index (χ0v) is 11.7. The van der Waals surface area contributed by atoms with Crippen molar-refractivity contribution < 1.29 is 13.9 Å². The third-order valence-corrected chi connectivity index (χ3v) is 3.66. The van der Waals surface area contributed by atoms with Crippen LogP contribution in [0.15, 0.2) is 16.6 Å². The number of fused-ring (bicyclic) bond motifs is 1. The molecule has 3 rings (SSSR count). The highest BCUT2D eigenvalue weighted by molar-refractivity contribution is 9.10. The second kappa shape index (κ2) is 4.41. The fourth-order valence-corrected chi connectivity index (χ4v) is 2.66. The lowest BCUT2D eigenvalue weighted by Crippen LogP contribution is -2.16. The summed E-state index contributed by atoms with van der Waals surface area (Å²) in [6.07, 6.45) is 0. The van der Waals surface area contributed by atoms with Crippen molar-refractivity contribution >= 4 is 21.7 Å². The summed E-state index contributed by atoms with van der Waals surface area (Å²) in [6, 6.07) is 2.92. The summed E-state index contributed by atoms with van der Waals surface area (Å²) in [5.41, 5.74) is 6.48. The first-order chi connectivity index (χ1) is 9.08. The molecule has 0 fully saturated rings. The lowest BCUT2D eigenvalue weighted by molar-refractivity contribution is 0.169. The van der Waals surface area contributed by atoms with Gasteiger partial charge in [0.05, 0.1) is 15.7 Å². The molecule has 0 saturated heterocycles. The van der Waals surface area contributed by atoms with Crippen LogP contribution < -0.4 is 15.2 Å². The minimum atomic E-state index is -0.436. The summed E-state index contributed by atoms with van der Waals surface area (Å²) in [5, 5.41) is 4.18. The Labute approximate surface area is 117 Å². The Morgan fingerprint density at radius 1 is 1.37 bits per heavy atom. The van der Waals surface area contributed by atoms with Crippen molar-refractivity contribution in [3.63, 3.8) is 0 Å². The standard InChI is InChI=1S/C12H11BrFN3O2/c1-17-9(15)5-7(16-17)10-6(14)4-8-12(11(10)13)19-3-2-18-8/h4-5H,2-3,15H2,1H3. The van der Waals surface area contributed by atoms with Gasteiger partial charge in [0.1, 0.15) is 24.8 Å². The van der Waals surface area contributed by atoms with Crippen LogP contribution in [-0.2, 0) is 7.05 Å². The van der Waals surface area contributed by atoms with E-state index in [4.69, 9.17) is 15.2 Å². The Hall–Kier alpha value is -1.76. The van der Waals surface area contributed by atoms with E-state index in [1.54, 1.807) is 13.1 Å². The van der Waals surface area contributed by atoms with E-state index in [2.05, 4.69) is 21.0 Å². The Balaban J connectivity index is 2.21. The number of anilines is 1. The van der Waals surface area contributed by atoms with Crippen LogP contribution >= 0.6 is 15.9 Å². The molecule has 0 atom stereocenters. The molecule has 0 spiro atoms. The number of ether oxygens (including phenoxy) is 2. The molecule has 5 nitrogen and oxygen atoms in total. The summed E-state index contributed by atoms with van der Waals surface area (Å²) >= 11 is 3.35. The average Bonchev–Trinajstić information content (AvgIpc) is 2.69. The fourth-order valence-electron chi connectivity index (χ4n) is 1.96. The van der Waals surface area contributed by atoms with Crippen LogP contribution in [0.3, 0.4) is 0 Å². The first-order valence-electron chi connectivity index (χ1n) is 5.65. The van der Waals surface area contributed by atoms with Crippen LogP contribution in [0.25, 0.3) is 11.3 Å². The molecule has 0 amide bonds. The summed E-state index contributed by atoms with van der Waals surface area (Å²) in [4.78, 5) is 0. The normalized spacial score (nSPS) is 13.6. The molecule has 19 heavy (non-hydrogen) atoms. The summed E-state index contributed by atoms with van der Waals surface area (Å²) < 4.78 is 27.0. The van der Waals surface area contributed by atoms with E-state index < -0.39 is 5.82 Å². The molecule has 7 heteroatoms. The van der Waals surface area contributed by atoms with Gasteiger partial charge in [-0.15, -0.1) is 0 Å². The molecule has 2 N–H and O–H groups in total. The molecule has 0 saturated carbocycles. The van der Waals surface area contributed by atoms with E-state index >= 15 is 0 Å². The monoisotopic (exact) mass is 327 g/mol. The van der Waals surface area contributed by atoms with Gasteiger partial charge in [-0.1, -0.05) is 0 Å². The largest absolute Gasteiger partial charge is 0.486 e. The molecule has 100 valence electrons. The van der Waals surface area contributed by atoms with Crippen molar-refractivity contribution in [3.8, 4) is 22.8 Å². The van der Waals surface area contributed by atoms with Crippen LogP contribution in [0.2, 0.25) is 0 Å². The molecule has 0 aliphatic carbocycles. The number of nitrogens with zero attached hydrogens (tertiary/aromatic N) is 2. The average molecular weight is 328 g/mol. The number of rotatable bonds is 1. The minimum Gasteiger partial charge on any atom is -0.486 e. The molecule has 2 aromatic rings. The van der Waals surface area contributed by atoms with Crippen molar-refractivity contribution in [2.75, 3.05) is 18.9 Å². The van der Waals surface area contributed by atoms with Crippen molar-refractivity contribution in [1.82, 2.24) is 9.78 Å². The van der Waals surface area contributed by atoms with Gasteiger partial charge in [0.15, 0.2) is 11.5 Å². The molecule has 1 aromatic heterocycles. The zero-order valence-electron chi connectivity index (χ0n) is 10.1. The third kappa shape index (κ3) is 1.94. The number of benzene rings is 1. The van der Waals surface area contributed by atoms with Crippen LogP contribution in [-0.4, -0.2) is 23.0 Å². The molecule has 0 unspecified atom stereocenters. The molecule has 1 aliphatic heterocycles. The van der Waals surface area contributed by atoms with Gasteiger partial charge < -0.3 is 15.2 Å². The first-order valence-corrected chi connectivity index (χ1v) is 6.44. The van der Waals surface area contributed by atoms with Crippen LogP contribution in [0.1, 0.15) is 0 Å². The van der Waals surface area contributed by atoms with Gasteiger partial charge in [-0.2, -0.15) is 5.10 Å². The number of aryl methyl sites for hydroxylation is 1. The Morgan fingerprint density at radius 3 is 2.79 bits per heavy atom. The van der Waals surface area contributed by atoms with Crippen LogP contribution in [0.5, 0.6) is 11.5 Å². The number of nitrogens with two attached hydrogens (primary N) is 1. The van der Waals surface area contributed by atoms with Crippen molar-refractivity contribution in [2.24, 2.45) is 7.05 Å². The SMILES string of the molecule is Cn1nc(-c2c(F)cc3c(c2Br)OCCO3)cc1N. The lowest BCUT2D eigenvalue weighted by atomic mass is 10.1. The topological polar surface area (TPSA) is 62.3 Å². The highest BCUT2D eigenvalue weighted by atomic mass is 79.9. The number of hydrogen-bond donors (Lipinski definition) is 1. The van der Waals surface area contributed by atoms with Gasteiger partial charge in [0.25, 0.3) is 0 Å². The summed E-state index contributed by atoms with van der Waals surface area (Å²) in [6.45, 7) is 0.843. The first kappa shape index (κ1) is 12.3. The smallest absolute Gasteiger partial charge is 0.176 e. The maximum atomic E-state index is 14.2. The van der Waals surface area contributed by atoms with Gasteiger partial charge in [0.2, 0.25) is 0 Å². The van der Waals surface area contributed by atoms with Crippen LogP contribution in [0, 0.1) is 5.82 Å². The number of aromatic nitrogens is 2. The molecule has 0 bridgehead atoms. The van der Waals surface area contributed by atoms with E-state index in [1.807, 2.05) is 0 Å². The van der Waals surface area contributed by atoms with Gasteiger partial charge in [0, 0.05) is 19.2 Å². The Morgan fingerprint density at radius 2 is 2.11 bits per heavy atom. The van der Waals surface area contributed by atoms with Crippen molar-refractivity contribution in [3.05, 3.63) is 22.4 Å². The zero-order chi connectivity index (χ0) is 13.6. The van der Waals surface area contributed by atoms with E-state index in [-0.39, 0.29) is 0 Å². The molecular formula is C12H11BrFN3O2. The molecule has 1 aromatic carbocycles. The third-order valence-electron chi connectivity index (χ3n) is 2.90. The highest BCUT2D eigenvalue weighted by Gasteiger charge is 2.24. The predicted molar refractivity (Wildman–Crippen MR) is 71.7 cm³/mol. The van der Waals surface area contributed by atoms with E-state index in [0.29, 0.717) is 46.3 Å². The molecule has 2 heterocycles. The molecular weight excluding hydrogens is 317 g/mol. The predicted octanol–water partition coefficient (Wildman–Crippen LogP) is 2.34. The minimum absolute atomic E-state index is 0.316. The van der Waals surface area contributed by atoms with Gasteiger partial charge >= 0.3 is 0 Å². The maximum absolute atomic E-state index is 14.2. The summed E-state index contributed by atoms with van der Waals surface area (Å²) in [7, 11) is 1.70. The highest BCUT2D eigenvalue weighted by Crippen LogP contribution is 2.44. The van der Waals surface area contributed by atoms with E-state index in [1.165, 1.54) is 10.7 Å². The second-order valence-corrected chi connectivity index (χ2v) is 4.94. The fraction of sp³-hybridized carbons (Fsp3) is 0.250. The van der Waals surface area contributed by atoms with E-state index in [9.17, 15) is 4.39 Å². The Bertz CT molecular complexity index is 637. The van der Waals surface area contributed by atoms with Crippen LogP contribution in [0.4, 0.5) is 10.2 Å². The van der Waals surface area contributed by atoms with Gasteiger partial charge in [-0.05, 0) is 15.9 Å². The Kier molecular flexibility index (Phi) is 2.85.